The fourth-order valence-electron chi connectivity index (χ4n) is 3.05. The van der Waals surface area contributed by atoms with E-state index in [0.29, 0.717) is 26.3 Å². The lowest BCUT2D eigenvalue weighted by Gasteiger charge is -2.24. The molecule has 0 bridgehead atoms. The van der Waals surface area contributed by atoms with Crippen LogP contribution in [0.2, 0.25) is 0 Å². The molecule has 27 heavy (non-hydrogen) atoms. The van der Waals surface area contributed by atoms with E-state index in [1.54, 1.807) is 0 Å². The SMILES string of the molecule is Cc1ccc(CN(Cc2ccccc2)C[C@@H](O)COCc2ccccc2)o1. The predicted octanol–water partition coefficient (Wildman–Crippen LogP) is 4.17. The maximum absolute atomic E-state index is 10.5. The van der Waals surface area contributed by atoms with Crippen LogP contribution < -0.4 is 0 Å². The highest BCUT2D eigenvalue weighted by molar-refractivity contribution is 5.15. The van der Waals surface area contributed by atoms with E-state index < -0.39 is 6.10 Å². The lowest BCUT2D eigenvalue weighted by molar-refractivity contribution is 0.00610. The lowest BCUT2D eigenvalue weighted by Crippen LogP contribution is -2.34. The zero-order valence-corrected chi connectivity index (χ0v) is 15.8. The van der Waals surface area contributed by atoms with Crippen LogP contribution in [0.5, 0.6) is 0 Å². The maximum Gasteiger partial charge on any atom is 0.118 e. The van der Waals surface area contributed by atoms with Crippen molar-refractivity contribution >= 4 is 0 Å². The van der Waals surface area contributed by atoms with E-state index >= 15 is 0 Å². The third-order valence-electron chi connectivity index (χ3n) is 4.32. The minimum Gasteiger partial charge on any atom is -0.465 e. The van der Waals surface area contributed by atoms with E-state index in [4.69, 9.17) is 9.15 Å². The van der Waals surface area contributed by atoms with Crippen LogP contribution in [-0.2, 0) is 24.4 Å². The minimum atomic E-state index is -0.562. The summed E-state index contributed by atoms with van der Waals surface area (Å²) < 4.78 is 11.4. The fourth-order valence-corrected chi connectivity index (χ4v) is 3.05. The number of ether oxygens (including phenoxy) is 1. The van der Waals surface area contributed by atoms with Gasteiger partial charge in [0.25, 0.3) is 0 Å². The summed E-state index contributed by atoms with van der Waals surface area (Å²) in [4.78, 5) is 2.18. The standard InChI is InChI=1S/C23H27NO3/c1-19-12-13-23(27-19)16-24(14-20-8-4-2-5-9-20)15-22(25)18-26-17-21-10-6-3-7-11-21/h2-13,22,25H,14-18H2,1H3/t22-/m1/s1. The van der Waals surface area contributed by atoms with Crippen LogP contribution in [-0.4, -0.2) is 29.3 Å². The summed E-state index contributed by atoms with van der Waals surface area (Å²) in [6, 6.07) is 24.2. The van der Waals surface area contributed by atoms with E-state index in [1.807, 2.05) is 67.6 Å². The fraction of sp³-hybridized carbons (Fsp3) is 0.304. The molecule has 0 spiro atoms. The molecule has 1 N–H and O–H groups in total. The van der Waals surface area contributed by atoms with Gasteiger partial charge < -0.3 is 14.3 Å². The van der Waals surface area contributed by atoms with Crippen LogP contribution >= 0.6 is 0 Å². The monoisotopic (exact) mass is 365 g/mol. The Bertz CT molecular complexity index is 786. The lowest BCUT2D eigenvalue weighted by atomic mass is 10.2. The van der Waals surface area contributed by atoms with Crippen molar-refractivity contribution in [1.82, 2.24) is 4.90 Å². The van der Waals surface area contributed by atoms with Gasteiger partial charge in [-0.05, 0) is 30.2 Å². The molecule has 1 heterocycles. The molecule has 142 valence electrons. The Morgan fingerprint density at radius 3 is 2.19 bits per heavy atom. The summed E-state index contributed by atoms with van der Waals surface area (Å²) in [5.74, 6) is 1.80. The van der Waals surface area contributed by atoms with Crippen molar-refractivity contribution in [1.29, 1.82) is 0 Å². The first kappa shape index (κ1) is 19.4. The molecule has 0 saturated heterocycles. The number of aryl methyl sites for hydroxylation is 1. The summed E-state index contributed by atoms with van der Waals surface area (Å²) in [7, 11) is 0. The summed E-state index contributed by atoms with van der Waals surface area (Å²) in [6.45, 7) is 4.67. The van der Waals surface area contributed by atoms with Gasteiger partial charge in [-0.3, -0.25) is 4.90 Å². The summed E-state index contributed by atoms with van der Waals surface area (Å²) in [5, 5.41) is 10.5. The normalized spacial score (nSPS) is 12.4. The highest BCUT2D eigenvalue weighted by Gasteiger charge is 2.15. The number of furan rings is 1. The maximum atomic E-state index is 10.5. The second kappa shape index (κ2) is 10.1. The Morgan fingerprint density at radius 2 is 1.56 bits per heavy atom. The Kier molecular flexibility index (Phi) is 7.22. The van der Waals surface area contributed by atoms with E-state index in [9.17, 15) is 5.11 Å². The van der Waals surface area contributed by atoms with Gasteiger partial charge in [-0.25, -0.2) is 0 Å². The number of nitrogens with zero attached hydrogens (tertiary/aromatic N) is 1. The number of aliphatic hydroxyl groups excluding tert-OH is 1. The third-order valence-corrected chi connectivity index (χ3v) is 4.32. The zero-order chi connectivity index (χ0) is 18.9. The summed E-state index contributed by atoms with van der Waals surface area (Å²) >= 11 is 0. The van der Waals surface area contributed by atoms with Crippen molar-refractivity contribution in [2.24, 2.45) is 0 Å². The molecule has 2 aromatic carbocycles. The van der Waals surface area contributed by atoms with Crippen molar-refractivity contribution in [3.63, 3.8) is 0 Å². The molecule has 0 aliphatic heterocycles. The van der Waals surface area contributed by atoms with Gasteiger partial charge in [0.15, 0.2) is 0 Å². The molecular weight excluding hydrogens is 338 g/mol. The Labute approximate surface area is 161 Å². The molecule has 3 aromatic rings. The van der Waals surface area contributed by atoms with Crippen LogP contribution in [0.3, 0.4) is 0 Å². The molecule has 1 aromatic heterocycles. The number of aliphatic hydroxyl groups is 1. The van der Waals surface area contributed by atoms with Gasteiger partial charge in [-0.1, -0.05) is 60.7 Å². The van der Waals surface area contributed by atoms with E-state index in [-0.39, 0.29) is 0 Å². The highest BCUT2D eigenvalue weighted by atomic mass is 16.5. The van der Waals surface area contributed by atoms with Crippen LogP contribution in [0.15, 0.2) is 77.2 Å². The molecule has 0 aliphatic rings. The predicted molar refractivity (Wildman–Crippen MR) is 106 cm³/mol. The second-order valence-corrected chi connectivity index (χ2v) is 6.82. The number of rotatable bonds is 10. The van der Waals surface area contributed by atoms with Crippen LogP contribution in [0.4, 0.5) is 0 Å². The van der Waals surface area contributed by atoms with Gasteiger partial charge in [-0.2, -0.15) is 0 Å². The summed E-state index contributed by atoms with van der Waals surface area (Å²) in [5.41, 5.74) is 2.31. The highest BCUT2D eigenvalue weighted by Crippen LogP contribution is 2.13. The smallest absolute Gasteiger partial charge is 0.118 e. The minimum absolute atomic E-state index is 0.303. The number of hydrogen-bond acceptors (Lipinski definition) is 4. The topological polar surface area (TPSA) is 45.8 Å². The molecule has 4 nitrogen and oxygen atoms in total. The van der Waals surface area contributed by atoms with Gasteiger partial charge in [0.05, 0.1) is 25.9 Å². The quantitative estimate of drug-likeness (QED) is 0.586. The van der Waals surface area contributed by atoms with Crippen LogP contribution in [0, 0.1) is 6.92 Å². The van der Waals surface area contributed by atoms with Gasteiger partial charge in [0, 0.05) is 13.1 Å². The average molecular weight is 365 g/mol. The number of hydrogen-bond donors (Lipinski definition) is 1. The molecule has 4 heteroatoms. The molecule has 0 amide bonds. The molecule has 1 atom stereocenters. The first-order valence-electron chi connectivity index (χ1n) is 9.30. The Morgan fingerprint density at radius 1 is 0.889 bits per heavy atom. The molecule has 3 rings (SSSR count). The summed E-state index contributed by atoms with van der Waals surface area (Å²) in [6.07, 6.45) is -0.562. The Hall–Kier alpha value is -2.40. The largest absolute Gasteiger partial charge is 0.465 e. The first-order chi connectivity index (χ1) is 13.2. The first-order valence-corrected chi connectivity index (χ1v) is 9.30. The number of benzene rings is 2. The Balaban J connectivity index is 1.54. The van der Waals surface area contributed by atoms with Gasteiger partial charge in [0.1, 0.15) is 11.5 Å². The van der Waals surface area contributed by atoms with Crippen molar-refractivity contribution in [3.8, 4) is 0 Å². The molecule has 0 fully saturated rings. The van der Waals surface area contributed by atoms with E-state index in [2.05, 4.69) is 17.0 Å². The average Bonchev–Trinajstić information content (AvgIpc) is 3.08. The van der Waals surface area contributed by atoms with Crippen LogP contribution in [0.25, 0.3) is 0 Å². The van der Waals surface area contributed by atoms with Gasteiger partial charge in [-0.15, -0.1) is 0 Å². The second-order valence-electron chi connectivity index (χ2n) is 6.82. The van der Waals surface area contributed by atoms with Crippen molar-refractivity contribution < 1.29 is 14.3 Å². The molecular formula is C23H27NO3. The molecule has 0 saturated carbocycles. The molecule has 0 radical (unpaired) electrons. The van der Waals surface area contributed by atoms with Crippen molar-refractivity contribution in [2.75, 3.05) is 13.2 Å². The zero-order valence-electron chi connectivity index (χ0n) is 15.8. The van der Waals surface area contributed by atoms with Crippen molar-refractivity contribution in [2.45, 2.75) is 32.7 Å². The van der Waals surface area contributed by atoms with Gasteiger partial charge in [0.2, 0.25) is 0 Å². The third kappa shape index (κ3) is 6.68. The molecule has 0 aliphatic carbocycles. The molecule has 0 unspecified atom stereocenters. The van der Waals surface area contributed by atoms with Crippen molar-refractivity contribution in [3.05, 3.63) is 95.4 Å². The van der Waals surface area contributed by atoms with E-state index in [1.165, 1.54) is 5.56 Å². The van der Waals surface area contributed by atoms with Gasteiger partial charge >= 0.3 is 0 Å². The van der Waals surface area contributed by atoms with Crippen LogP contribution in [0.1, 0.15) is 22.6 Å². The van der Waals surface area contributed by atoms with E-state index in [0.717, 1.165) is 23.6 Å².